The van der Waals surface area contributed by atoms with Gasteiger partial charge in [-0.25, -0.2) is 0 Å². The molecule has 0 saturated carbocycles. The maximum absolute atomic E-state index is 13.1. The summed E-state index contributed by atoms with van der Waals surface area (Å²) < 4.78 is 15.7. The fraction of sp³-hybridized carbons (Fsp3) is 0.571. The minimum Gasteiger partial charge on any atom is -0.496 e. The standard InChI is InChI=1S/C35H52N2O6/c1-5-6-7-8-9-10-11-12-13-14-15-16-17-21-33(38)36-27-22-24-28(25-23-27)37-34(39)30(35(40)43-4)26-29-31(41-2)19-18-20-32(29)42-3/h18-20,22-25,30H,5-17,21,26H2,1-4H3,(H,36,38)(H,37,39). The molecule has 0 spiro atoms. The molecule has 2 amide bonds. The summed E-state index contributed by atoms with van der Waals surface area (Å²) in [7, 11) is 4.29. The first-order valence-electron chi connectivity index (χ1n) is 15.9. The zero-order valence-electron chi connectivity index (χ0n) is 26.7. The van der Waals surface area contributed by atoms with Gasteiger partial charge >= 0.3 is 5.97 Å². The zero-order valence-corrected chi connectivity index (χ0v) is 26.7. The molecule has 2 N–H and O–H groups in total. The summed E-state index contributed by atoms with van der Waals surface area (Å²) in [5.41, 5.74) is 1.75. The van der Waals surface area contributed by atoms with E-state index < -0.39 is 17.8 Å². The monoisotopic (exact) mass is 596 g/mol. The van der Waals surface area contributed by atoms with Gasteiger partial charge in [-0.05, 0) is 42.8 Å². The first kappa shape index (κ1) is 35.6. The van der Waals surface area contributed by atoms with E-state index in [0.717, 1.165) is 12.8 Å². The molecule has 8 nitrogen and oxygen atoms in total. The molecule has 2 rings (SSSR count). The molecule has 0 radical (unpaired) electrons. The topological polar surface area (TPSA) is 103 Å². The van der Waals surface area contributed by atoms with E-state index in [-0.39, 0.29) is 12.3 Å². The maximum atomic E-state index is 13.1. The van der Waals surface area contributed by atoms with E-state index in [1.807, 2.05) is 0 Å². The molecule has 2 aromatic carbocycles. The van der Waals surface area contributed by atoms with E-state index in [9.17, 15) is 14.4 Å². The van der Waals surface area contributed by atoms with Gasteiger partial charge in [0.1, 0.15) is 17.4 Å². The highest BCUT2D eigenvalue weighted by molar-refractivity contribution is 6.05. The Balaban J connectivity index is 1.73. The summed E-state index contributed by atoms with van der Waals surface area (Å²) in [5.74, 6) is -1.28. The zero-order chi connectivity index (χ0) is 31.3. The molecule has 0 heterocycles. The average molecular weight is 597 g/mol. The lowest BCUT2D eigenvalue weighted by molar-refractivity contribution is -0.148. The molecular weight excluding hydrogens is 544 g/mol. The molecule has 238 valence electrons. The van der Waals surface area contributed by atoms with Crippen LogP contribution in [0.3, 0.4) is 0 Å². The number of rotatable bonds is 22. The molecule has 43 heavy (non-hydrogen) atoms. The van der Waals surface area contributed by atoms with Crippen molar-refractivity contribution in [3.63, 3.8) is 0 Å². The molecule has 0 saturated heterocycles. The number of ether oxygens (including phenoxy) is 3. The average Bonchev–Trinajstić information content (AvgIpc) is 3.02. The molecule has 1 atom stereocenters. The van der Waals surface area contributed by atoms with Crippen molar-refractivity contribution in [2.24, 2.45) is 5.92 Å². The second-order valence-electron chi connectivity index (χ2n) is 11.0. The Morgan fingerprint density at radius 2 is 1.12 bits per heavy atom. The van der Waals surface area contributed by atoms with E-state index >= 15 is 0 Å². The van der Waals surface area contributed by atoms with Crippen LogP contribution in [0.2, 0.25) is 0 Å². The van der Waals surface area contributed by atoms with Gasteiger partial charge in [-0.2, -0.15) is 0 Å². The quantitative estimate of drug-likeness (QED) is 0.0809. The predicted molar refractivity (Wildman–Crippen MR) is 173 cm³/mol. The number of esters is 1. The Labute approximate surface area is 258 Å². The fourth-order valence-electron chi connectivity index (χ4n) is 5.15. The van der Waals surface area contributed by atoms with Gasteiger partial charge in [0.25, 0.3) is 0 Å². The minimum absolute atomic E-state index is 0.0173. The number of methoxy groups -OCH3 is 3. The molecule has 0 aliphatic heterocycles. The highest BCUT2D eigenvalue weighted by atomic mass is 16.5. The number of hydrogen-bond donors (Lipinski definition) is 2. The predicted octanol–water partition coefficient (Wildman–Crippen LogP) is 8.09. The SMILES string of the molecule is CCCCCCCCCCCCCCCC(=O)Nc1ccc(NC(=O)C(Cc2c(OC)cccc2OC)C(=O)OC)cc1. The van der Waals surface area contributed by atoms with Gasteiger partial charge in [0.15, 0.2) is 0 Å². The van der Waals surface area contributed by atoms with Crippen molar-refractivity contribution in [1.29, 1.82) is 0 Å². The van der Waals surface area contributed by atoms with Gasteiger partial charge in [-0.15, -0.1) is 0 Å². The van der Waals surface area contributed by atoms with E-state index in [4.69, 9.17) is 14.2 Å². The van der Waals surface area contributed by atoms with Crippen LogP contribution in [-0.2, 0) is 25.5 Å². The summed E-state index contributed by atoms with van der Waals surface area (Å²) in [4.78, 5) is 38.1. The summed E-state index contributed by atoms with van der Waals surface area (Å²) in [6.45, 7) is 2.26. The highest BCUT2D eigenvalue weighted by Crippen LogP contribution is 2.31. The smallest absolute Gasteiger partial charge is 0.318 e. The third kappa shape index (κ3) is 13.5. The van der Waals surface area contributed by atoms with Gasteiger partial charge in [-0.1, -0.05) is 90.0 Å². The molecule has 0 aliphatic rings. The van der Waals surface area contributed by atoms with E-state index in [1.54, 1.807) is 42.5 Å². The van der Waals surface area contributed by atoms with E-state index in [0.29, 0.717) is 34.9 Å². The third-order valence-electron chi connectivity index (χ3n) is 7.68. The van der Waals surface area contributed by atoms with E-state index in [1.165, 1.54) is 92.0 Å². The summed E-state index contributed by atoms with van der Waals surface area (Å²) in [6, 6.07) is 12.1. The van der Waals surface area contributed by atoms with Crippen LogP contribution < -0.4 is 20.1 Å². The number of amides is 2. The molecular formula is C35H52N2O6. The molecule has 0 bridgehead atoms. The van der Waals surface area contributed by atoms with E-state index in [2.05, 4.69) is 17.6 Å². The number of nitrogens with one attached hydrogen (secondary N) is 2. The number of unbranched alkanes of at least 4 members (excludes halogenated alkanes) is 12. The Morgan fingerprint density at radius 1 is 0.651 bits per heavy atom. The van der Waals surface area contributed by atoms with Crippen LogP contribution in [0.5, 0.6) is 11.5 Å². The third-order valence-corrected chi connectivity index (χ3v) is 7.68. The van der Waals surface area contributed by atoms with Crippen molar-refractivity contribution in [3.05, 3.63) is 48.0 Å². The Hall–Kier alpha value is -3.55. The highest BCUT2D eigenvalue weighted by Gasteiger charge is 2.30. The van der Waals surface area contributed by atoms with Crippen molar-refractivity contribution in [3.8, 4) is 11.5 Å². The maximum Gasteiger partial charge on any atom is 0.318 e. The first-order chi connectivity index (χ1) is 20.9. The Bertz CT molecular complexity index is 1080. The van der Waals surface area contributed by atoms with Gasteiger partial charge in [-0.3, -0.25) is 14.4 Å². The molecule has 0 fully saturated rings. The number of hydrogen-bond acceptors (Lipinski definition) is 6. The van der Waals surface area contributed by atoms with Crippen LogP contribution in [0.25, 0.3) is 0 Å². The molecule has 1 unspecified atom stereocenters. The molecule has 0 aromatic heterocycles. The number of benzene rings is 2. The van der Waals surface area contributed by atoms with Crippen LogP contribution in [0.1, 0.15) is 102 Å². The second-order valence-corrected chi connectivity index (χ2v) is 11.0. The second kappa shape index (κ2) is 21.2. The lowest BCUT2D eigenvalue weighted by Crippen LogP contribution is -2.32. The van der Waals surface area contributed by atoms with Gasteiger partial charge in [0, 0.05) is 29.8 Å². The van der Waals surface area contributed by atoms with Crippen molar-refractivity contribution < 1.29 is 28.6 Å². The van der Waals surface area contributed by atoms with Gasteiger partial charge in [0.2, 0.25) is 11.8 Å². The van der Waals surface area contributed by atoms with Crippen LogP contribution in [0.15, 0.2) is 42.5 Å². The van der Waals surface area contributed by atoms with Gasteiger partial charge in [0.05, 0.1) is 21.3 Å². The summed E-state index contributed by atoms with van der Waals surface area (Å²) in [5, 5.41) is 5.70. The van der Waals surface area contributed by atoms with Crippen molar-refractivity contribution >= 4 is 29.2 Å². The normalized spacial score (nSPS) is 11.4. The molecule has 2 aromatic rings. The van der Waals surface area contributed by atoms with Crippen molar-refractivity contribution in [1.82, 2.24) is 0 Å². The van der Waals surface area contributed by atoms with Crippen LogP contribution in [-0.4, -0.2) is 39.1 Å². The summed E-state index contributed by atoms with van der Waals surface area (Å²) in [6.07, 6.45) is 17.0. The Kier molecular flexibility index (Phi) is 17.6. The Morgan fingerprint density at radius 3 is 1.58 bits per heavy atom. The number of anilines is 2. The number of carbonyl (C=O) groups excluding carboxylic acids is 3. The minimum atomic E-state index is -1.12. The summed E-state index contributed by atoms with van der Waals surface area (Å²) >= 11 is 0. The largest absolute Gasteiger partial charge is 0.496 e. The van der Waals surface area contributed by atoms with Crippen LogP contribution in [0, 0.1) is 5.92 Å². The number of carbonyl (C=O) groups is 3. The van der Waals surface area contributed by atoms with Crippen molar-refractivity contribution in [2.45, 2.75) is 103 Å². The lowest BCUT2D eigenvalue weighted by atomic mass is 9.96. The molecule has 8 heteroatoms. The van der Waals surface area contributed by atoms with Crippen LogP contribution in [0.4, 0.5) is 11.4 Å². The molecule has 0 aliphatic carbocycles. The first-order valence-corrected chi connectivity index (χ1v) is 15.9. The van der Waals surface area contributed by atoms with Crippen molar-refractivity contribution in [2.75, 3.05) is 32.0 Å². The fourth-order valence-corrected chi connectivity index (χ4v) is 5.15. The lowest BCUT2D eigenvalue weighted by Gasteiger charge is -2.18. The van der Waals surface area contributed by atoms with Crippen LogP contribution >= 0.6 is 0 Å². The van der Waals surface area contributed by atoms with Gasteiger partial charge < -0.3 is 24.8 Å².